The first kappa shape index (κ1) is 10.7. The van der Waals surface area contributed by atoms with Gasteiger partial charge in [0.25, 0.3) is 0 Å². The van der Waals surface area contributed by atoms with Crippen LogP contribution in [0, 0.1) is 0 Å². The zero-order valence-electron chi connectivity index (χ0n) is 6.14. The van der Waals surface area contributed by atoms with E-state index in [0.29, 0.717) is 0 Å². The highest BCUT2D eigenvalue weighted by Crippen LogP contribution is 2.05. The lowest BCUT2D eigenvalue weighted by atomic mass is 10.2. The summed E-state index contributed by atoms with van der Waals surface area (Å²) in [5.41, 5.74) is 0. The van der Waals surface area contributed by atoms with Gasteiger partial charge in [0.15, 0.2) is 0 Å². The van der Waals surface area contributed by atoms with Crippen molar-refractivity contribution in [3.63, 3.8) is 0 Å². The number of hydrogen-bond acceptors (Lipinski definition) is 5. The van der Waals surface area contributed by atoms with Gasteiger partial charge in [0.05, 0.1) is 12.7 Å². The lowest BCUT2D eigenvalue weighted by molar-refractivity contribution is -0.136. The van der Waals surface area contributed by atoms with Crippen molar-refractivity contribution in [1.29, 1.82) is 0 Å². The summed E-state index contributed by atoms with van der Waals surface area (Å²) in [7, 11) is 0. The average Bonchev–Trinajstić information content (AvgIpc) is 2.02. The predicted molar refractivity (Wildman–Crippen MR) is 37.6 cm³/mol. The van der Waals surface area contributed by atoms with Crippen LogP contribution in [0.5, 0.6) is 0 Å². The molecule has 0 aliphatic heterocycles. The second-order valence-corrected chi connectivity index (χ2v) is 2.14. The van der Waals surface area contributed by atoms with E-state index in [0.717, 1.165) is 0 Å². The molecule has 0 fully saturated rings. The van der Waals surface area contributed by atoms with Gasteiger partial charge < -0.3 is 25.5 Å². The summed E-state index contributed by atoms with van der Waals surface area (Å²) in [4.78, 5) is 10.00. The number of rotatable bonds is 4. The number of carboxylic acid groups (broad SMARTS) is 1. The molecule has 0 aliphatic carbocycles. The van der Waals surface area contributed by atoms with Gasteiger partial charge in [-0.15, -0.1) is 0 Å². The molecule has 1 atom stereocenters. The minimum Gasteiger partial charge on any atom is -0.508 e. The molecule has 0 saturated carbocycles. The highest BCUT2D eigenvalue weighted by atomic mass is 16.4. The van der Waals surface area contributed by atoms with E-state index in [1.54, 1.807) is 0 Å². The Morgan fingerprint density at radius 3 is 2.08 bits per heavy atom. The molecule has 0 radical (unpaired) electrons. The zero-order valence-corrected chi connectivity index (χ0v) is 6.14. The fourth-order valence-corrected chi connectivity index (χ4v) is 0.508. The van der Waals surface area contributed by atoms with Crippen molar-refractivity contribution < 1.29 is 30.3 Å². The van der Waals surface area contributed by atoms with Gasteiger partial charge in [-0.3, -0.25) is 0 Å². The summed E-state index contributed by atoms with van der Waals surface area (Å²) in [5, 5.41) is 42.5. The lowest BCUT2D eigenvalue weighted by Gasteiger charge is -2.05. The van der Waals surface area contributed by atoms with Crippen molar-refractivity contribution in [2.75, 3.05) is 6.61 Å². The molecule has 0 spiro atoms. The molecule has 0 aliphatic rings. The van der Waals surface area contributed by atoms with E-state index in [1.807, 2.05) is 0 Å². The average molecular weight is 178 g/mol. The van der Waals surface area contributed by atoms with Crippen LogP contribution in [0.1, 0.15) is 6.42 Å². The van der Waals surface area contributed by atoms with E-state index >= 15 is 0 Å². The number of aliphatic carboxylic acids is 1. The summed E-state index contributed by atoms with van der Waals surface area (Å²) in [6.07, 6.45) is -1.76. The Bertz CT molecular complexity index is 196. The van der Waals surface area contributed by atoms with Crippen molar-refractivity contribution >= 4 is 5.97 Å². The van der Waals surface area contributed by atoms with Crippen LogP contribution in [-0.2, 0) is 4.79 Å². The second kappa shape index (κ2) is 4.58. The second-order valence-electron chi connectivity index (χ2n) is 2.14. The van der Waals surface area contributed by atoms with E-state index in [-0.39, 0.29) is 0 Å². The van der Waals surface area contributed by atoms with E-state index in [9.17, 15) is 4.79 Å². The van der Waals surface area contributed by atoms with Crippen LogP contribution in [-0.4, -0.2) is 44.2 Å². The molecule has 12 heavy (non-hydrogen) atoms. The van der Waals surface area contributed by atoms with Crippen molar-refractivity contribution in [2.24, 2.45) is 0 Å². The Morgan fingerprint density at radius 2 is 1.75 bits per heavy atom. The first-order chi connectivity index (χ1) is 5.49. The van der Waals surface area contributed by atoms with Crippen LogP contribution in [0.3, 0.4) is 0 Å². The third-order valence-electron chi connectivity index (χ3n) is 1.12. The van der Waals surface area contributed by atoms with E-state index < -0.39 is 36.6 Å². The monoisotopic (exact) mass is 178 g/mol. The molecular formula is C6H10O6. The van der Waals surface area contributed by atoms with Crippen LogP contribution in [0.4, 0.5) is 0 Å². The Hall–Kier alpha value is -1.27. The van der Waals surface area contributed by atoms with Crippen molar-refractivity contribution in [1.82, 2.24) is 0 Å². The lowest BCUT2D eigenvalue weighted by Crippen LogP contribution is -2.15. The number of aliphatic hydroxyl groups excluding tert-OH is 4. The molecule has 0 heterocycles. The molecule has 0 aromatic carbocycles. The molecule has 0 rings (SSSR count). The Kier molecular flexibility index (Phi) is 4.09. The maximum absolute atomic E-state index is 10.00. The summed E-state index contributed by atoms with van der Waals surface area (Å²) in [6, 6.07) is 0. The molecule has 0 bridgehead atoms. The van der Waals surface area contributed by atoms with E-state index in [4.69, 9.17) is 25.5 Å². The predicted octanol–water partition coefficient (Wildman–Crippen LogP) is -0.858. The van der Waals surface area contributed by atoms with Gasteiger partial charge in [-0.25, -0.2) is 4.79 Å². The van der Waals surface area contributed by atoms with Crippen LogP contribution in [0.15, 0.2) is 11.5 Å². The highest BCUT2D eigenvalue weighted by Gasteiger charge is 2.14. The maximum Gasteiger partial charge on any atom is 0.374 e. The summed E-state index contributed by atoms with van der Waals surface area (Å²) < 4.78 is 0. The minimum atomic E-state index is -1.68. The largest absolute Gasteiger partial charge is 0.508 e. The number of carbonyl (C=O) groups is 1. The third-order valence-corrected chi connectivity index (χ3v) is 1.12. The number of aliphatic hydroxyl groups is 4. The first-order valence-corrected chi connectivity index (χ1v) is 3.12. The van der Waals surface area contributed by atoms with E-state index in [1.165, 1.54) is 0 Å². The van der Waals surface area contributed by atoms with Gasteiger partial charge in [0.1, 0.15) is 5.76 Å². The third kappa shape index (κ3) is 3.22. The smallest absolute Gasteiger partial charge is 0.374 e. The molecule has 0 aromatic rings. The van der Waals surface area contributed by atoms with Crippen molar-refractivity contribution in [3.8, 4) is 0 Å². The Labute approximate surface area is 68.0 Å². The quantitative estimate of drug-likeness (QED) is 0.282. The van der Waals surface area contributed by atoms with Crippen LogP contribution in [0.25, 0.3) is 0 Å². The number of hydrogen-bond donors (Lipinski definition) is 5. The normalized spacial score (nSPS) is 15.2. The van der Waals surface area contributed by atoms with Crippen LogP contribution >= 0.6 is 0 Å². The van der Waals surface area contributed by atoms with Gasteiger partial charge in [0, 0.05) is 6.42 Å². The topological polar surface area (TPSA) is 118 Å². The molecule has 0 saturated heterocycles. The number of carboxylic acids is 1. The van der Waals surface area contributed by atoms with Crippen LogP contribution < -0.4 is 0 Å². The molecule has 6 heteroatoms. The molecule has 0 aromatic heterocycles. The SMILES string of the molecule is O=C(O)C(O)=C(O)C[C@H](O)CO. The summed E-state index contributed by atoms with van der Waals surface area (Å²) in [6.45, 7) is -0.614. The first-order valence-electron chi connectivity index (χ1n) is 3.12. The minimum absolute atomic E-state index is 0.491. The van der Waals surface area contributed by atoms with Crippen molar-refractivity contribution in [2.45, 2.75) is 12.5 Å². The molecular weight excluding hydrogens is 168 g/mol. The van der Waals surface area contributed by atoms with E-state index in [2.05, 4.69) is 0 Å². The van der Waals surface area contributed by atoms with Gasteiger partial charge in [-0.05, 0) is 0 Å². The zero-order chi connectivity index (χ0) is 9.72. The Morgan fingerprint density at radius 1 is 1.25 bits per heavy atom. The van der Waals surface area contributed by atoms with Gasteiger partial charge in [0.2, 0.25) is 5.76 Å². The van der Waals surface area contributed by atoms with Crippen LogP contribution in [0.2, 0.25) is 0 Å². The van der Waals surface area contributed by atoms with Gasteiger partial charge in [-0.1, -0.05) is 0 Å². The molecule has 0 amide bonds. The van der Waals surface area contributed by atoms with Crippen molar-refractivity contribution in [3.05, 3.63) is 11.5 Å². The summed E-state index contributed by atoms with van der Waals surface area (Å²) >= 11 is 0. The Balaban J connectivity index is 4.26. The fourth-order valence-electron chi connectivity index (χ4n) is 0.508. The fraction of sp³-hybridized carbons (Fsp3) is 0.500. The van der Waals surface area contributed by atoms with Gasteiger partial charge in [-0.2, -0.15) is 0 Å². The molecule has 70 valence electrons. The van der Waals surface area contributed by atoms with Gasteiger partial charge >= 0.3 is 5.97 Å². The molecule has 0 unspecified atom stereocenters. The standard InChI is InChI=1S/C6H10O6/c7-2-3(8)1-4(9)5(10)6(11)12/h3,7-10H,1-2H2,(H,11,12)/t3-/m0/s1. The molecule has 6 nitrogen and oxygen atoms in total. The molecule has 5 N–H and O–H groups in total. The maximum atomic E-state index is 10.00. The summed E-state index contributed by atoms with van der Waals surface area (Å²) in [5.74, 6) is -3.76. The highest BCUT2D eigenvalue weighted by molar-refractivity contribution is 5.84.